The Morgan fingerprint density at radius 2 is 1.78 bits per heavy atom. The summed E-state index contributed by atoms with van der Waals surface area (Å²) in [6.07, 6.45) is 6.39. The van der Waals surface area contributed by atoms with E-state index in [1.165, 1.54) is 32.4 Å². The molecular formula is C26H38N8O2S. The van der Waals surface area contributed by atoms with Gasteiger partial charge in [0.15, 0.2) is 11.6 Å². The van der Waals surface area contributed by atoms with Gasteiger partial charge in [0.1, 0.15) is 22.1 Å². The Kier molecular flexibility index (Phi) is 7.52. The molecule has 0 radical (unpaired) electrons. The van der Waals surface area contributed by atoms with Gasteiger partial charge in [-0.05, 0) is 50.8 Å². The van der Waals surface area contributed by atoms with Crippen LogP contribution in [0.5, 0.6) is 0 Å². The first-order valence-electron chi connectivity index (χ1n) is 13.4. The van der Waals surface area contributed by atoms with Crippen molar-refractivity contribution in [3.8, 4) is 0 Å². The van der Waals surface area contributed by atoms with Gasteiger partial charge in [-0.3, -0.25) is 4.90 Å². The average molecular weight is 527 g/mol. The van der Waals surface area contributed by atoms with Crippen molar-refractivity contribution in [2.24, 2.45) is 0 Å². The molecule has 3 N–H and O–H groups in total. The van der Waals surface area contributed by atoms with Crippen molar-refractivity contribution in [1.29, 1.82) is 4.78 Å². The molecule has 37 heavy (non-hydrogen) atoms. The van der Waals surface area contributed by atoms with Crippen molar-refractivity contribution in [2.45, 2.75) is 63.2 Å². The third kappa shape index (κ3) is 5.38. The number of urea groups is 1. The number of fused-ring (bicyclic) bond motifs is 1. The van der Waals surface area contributed by atoms with E-state index in [1.807, 2.05) is 47.1 Å². The normalized spacial score (nSPS) is 20.6. The minimum absolute atomic E-state index is 0.0553. The maximum Gasteiger partial charge on any atom is 0.326 e. The second kappa shape index (κ2) is 10.8. The van der Waals surface area contributed by atoms with Crippen LogP contribution >= 0.6 is 0 Å². The Hall–Kier alpha value is -2.92. The number of aromatic nitrogens is 2. The molecule has 3 aliphatic rings. The Morgan fingerprint density at radius 3 is 2.46 bits per heavy atom. The number of hydrogen-bond donors (Lipinski definition) is 2. The number of piperidine rings is 2. The van der Waals surface area contributed by atoms with E-state index in [0.29, 0.717) is 43.6 Å². The van der Waals surface area contributed by atoms with Crippen LogP contribution in [-0.4, -0.2) is 74.7 Å². The minimum Gasteiger partial charge on any atom is -0.382 e. The summed E-state index contributed by atoms with van der Waals surface area (Å²) in [6.45, 7) is 6.42. The van der Waals surface area contributed by atoms with Crippen molar-refractivity contribution in [2.75, 3.05) is 54.1 Å². The van der Waals surface area contributed by atoms with Gasteiger partial charge >= 0.3 is 6.03 Å². The van der Waals surface area contributed by atoms with Crippen molar-refractivity contribution in [3.05, 3.63) is 35.9 Å². The fourth-order valence-electron chi connectivity index (χ4n) is 5.71. The van der Waals surface area contributed by atoms with Crippen LogP contribution in [0, 0.1) is 4.78 Å². The van der Waals surface area contributed by atoms with Gasteiger partial charge in [-0.1, -0.05) is 43.7 Å². The van der Waals surface area contributed by atoms with Gasteiger partial charge in [0.25, 0.3) is 0 Å². The van der Waals surface area contributed by atoms with E-state index < -0.39 is 9.73 Å². The fourth-order valence-corrected chi connectivity index (χ4v) is 6.95. The summed E-state index contributed by atoms with van der Waals surface area (Å²) in [5, 5.41) is -0.0553. The zero-order valence-electron chi connectivity index (χ0n) is 21.6. The van der Waals surface area contributed by atoms with Gasteiger partial charge < -0.3 is 20.4 Å². The zero-order valence-corrected chi connectivity index (χ0v) is 22.5. The van der Waals surface area contributed by atoms with Crippen LogP contribution in [0.2, 0.25) is 0 Å². The van der Waals surface area contributed by atoms with E-state index >= 15 is 0 Å². The van der Waals surface area contributed by atoms with Gasteiger partial charge in [0, 0.05) is 31.4 Å². The molecule has 2 saturated heterocycles. The first-order chi connectivity index (χ1) is 17.9. The number of amides is 2. The molecule has 1 aromatic heterocycles. The first-order valence-corrected chi connectivity index (χ1v) is 15.1. The van der Waals surface area contributed by atoms with Gasteiger partial charge in [0.2, 0.25) is 5.16 Å². The molecule has 0 bridgehead atoms. The summed E-state index contributed by atoms with van der Waals surface area (Å²) in [7, 11) is -3.17. The summed E-state index contributed by atoms with van der Waals surface area (Å²) in [6, 6.07) is 10.4. The highest BCUT2D eigenvalue weighted by Crippen LogP contribution is 2.40. The van der Waals surface area contributed by atoms with Crippen molar-refractivity contribution in [1.82, 2.24) is 19.8 Å². The van der Waals surface area contributed by atoms with Crippen LogP contribution in [0.3, 0.4) is 0 Å². The number of carbonyl (C=O) groups is 1. The number of rotatable bonds is 6. The molecule has 1 aromatic carbocycles. The molecule has 0 saturated carbocycles. The van der Waals surface area contributed by atoms with Crippen LogP contribution in [0.4, 0.5) is 22.1 Å². The third-order valence-electron chi connectivity index (χ3n) is 7.63. The molecule has 0 aliphatic carbocycles. The minimum atomic E-state index is -3.17. The van der Waals surface area contributed by atoms with E-state index in [1.54, 1.807) is 4.90 Å². The van der Waals surface area contributed by atoms with E-state index in [4.69, 9.17) is 10.5 Å². The molecule has 2 aromatic rings. The van der Waals surface area contributed by atoms with Gasteiger partial charge in [-0.15, -0.1) is 0 Å². The number of nitrogens with two attached hydrogens (primary N) is 1. The lowest BCUT2D eigenvalue weighted by Gasteiger charge is -2.41. The second-order valence-electron chi connectivity index (χ2n) is 10.3. The molecule has 200 valence electrons. The molecule has 3 aliphatic heterocycles. The van der Waals surface area contributed by atoms with E-state index in [2.05, 4.69) is 14.9 Å². The quantitative estimate of drug-likeness (QED) is 0.550. The summed E-state index contributed by atoms with van der Waals surface area (Å²) in [5.41, 5.74) is 7.91. The van der Waals surface area contributed by atoms with Crippen molar-refractivity contribution in [3.63, 3.8) is 0 Å². The molecule has 2 amide bonds. The third-order valence-corrected chi connectivity index (χ3v) is 9.38. The number of nitrogen functional groups attached to an aromatic ring is 1. The lowest BCUT2D eigenvalue weighted by atomic mass is 10.00. The number of likely N-dealkylation sites (tertiary alicyclic amines) is 2. The lowest BCUT2D eigenvalue weighted by molar-refractivity contribution is 0.103. The molecule has 1 unspecified atom stereocenters. The van der Waals surface area contributed by atoms with Crippen LogP contribution in [0.25, 0.3) is 0 Å². The highest BCUT2D eigenvalue weighted by Gasteiger charge is 2.39. The Bertz CT molecular complexity index is 1210. The largest absolute Gasteiger partial charge is 0.382 e. The second-order valence-corrected chi connectivity index (χ2v) is 12.4. The molecule has 10 nitrogen and oxygen atoms in total. The molecule has 4 heterocycles. The monoisotopic (exact) mass is 526 g/mol. The molecular weight excluding hydrogens is 488 g/mol. The van der Waals surface area contributed by atoms with E-state index in [-0.39, 0.29) is 29.4 Å². The molecule has 0 spiro atoms. The van der Waals surface area contributed by atoms with Crippen LogP contribution in [0.1, 0.15) is 51.0 Å². The fraction of sp³-hybridized carbons (Fsp3) is 0.577. The van der Waals surface area contributed by atoms with Crippen LogP contribution in [-0.2, 0) is 16.3 Å². The number of carbonyl (C=O) groups excluding carboxylic acids is 1. The number of anilines is 3. The summed E-state index contributed by atoms with van der Waals surface area (Å²) in [5.74, 6) is 0.737. The number of nitrogens with zero attached hydrogens (tertiary/aromatic N) is 6. The zero-order chi connectivity index (χ0) is 26.0. The molecule has 11 heteroatoms. The maximum absolute atomic E-state index is 13.8. The van der Waals surface area contributed by atoms with Crippen LogP contribution < -0.4 is 15.5 Å². The summed E-state index contributed by atoms with van der Waals surface area (Å²) < 4.78 is 21.4. The SMILES string of the molecule is CCCS(=N)(=O)c1nc(N)c2c(n1)N(Cc1ccccc1)CN2C(=O)N1CCC(N2CCCCC2)CC1. The number of hydrogen-bond acceptors (Lipinski definition) is 8. The van der Waals surface area contributed by atoms with Crippen LogP contribution in [0.15, 0.2) is 35.5 Å². The maximum atomic E-state index is 13.8. The lowest BCUT2D eigenvalue weighted by Crippen LogP contribution is -2.52. The van der Waals surface area contributed by atoms with Gasteiger partial charge in [-0.2, -0.15) is 4.98 Å². The topological polar surface area (TPSA) is 123 Å². The summed E-state index contributed by atoms with van der Waals surface area (Å²) >= 11 is 0. The average Bonchev–Trinajstić information content (AvgIpc) is 3.28. The molecule has 5 rings (SSSR count). The van der Waals surface area contributed by atoms with E-state index in [0.717, 1.165) is 18.4 Å². The van der Waals surface area contributed by atoms with Gasteiger partial charge in [0.05, 0.1) is 0 Å². The Morgan fingerprint density at radius 1 is 1.08 bits per heavy atom. The predicted molar refractivity (Wildman–Crippen MR) is 146 cm³/mol. The predicted octanol–water partition coefficient (Wildman–Crippen LogP) is 3.73. The standard InChI is InChI=1S/C26H38N8O2S/c1-2-17-37(28,36)25-29-23(27)22-24(30-25)33(18-20-9-5-3-6-10-20)19-34(22)26(35)32-15-11-21(12-16-32)31-13-7-4-8-14-31/h3,5-6,9-10,21,28H,2,4,7-8,11-19H2,1H3,(H2,27,29,30). The first kappa shape index (κ1) is 25.7. The Labute approximate surface area is 219 Å². The molecule has 1 atom stereocenters. The number of nitrogens with one attached hydrogen (secondary N) is 1. The van der Waals surface area contributed by atoms with E-state index in [9.17, 15) is 9.00 Å². The van der Waals surface area contributed by atoms with Crippen molar-refractivity contribution >= 4 is 33.1 Å². The number of benzene rings is 1. The highest BCUT2D eigenvalue weighted by atomic mass is 32.2. The smallest absolute Gasteiger partial charge is 0.326 e. The highest BCUT2D eigenvalue weighted by molar-refractivity contribution is 7.92. The van der Waals surface area contributed by atoms with Gasteiger partial charge in [-0.25, -0.2) is 18.8 Å². The summed E-state index contributed by atoms with van der Waals surface area (Å²) in [4.78, 5) is 30.8. The molecule has 2 fully saturated rings. The van der Waals surface area contributed by atoms with Crippen molar-refractivity contribution < 1.29 is 9.00 Å². The Balaban J connectivity index is 1.39.